The Labute approximate surface area is 104 Å². The van der Waals surface area contributed by atoms with Crippen LogP contribution >= 0.6 is 0 Å². The molecule has 0 radical (unpaired) electrons. The van der Waals surface area contributed by atoms with Gasteiger partial charge in [0.1, 0.15) is 0 Å². The molecule has 0 spiro atoms. The van der Waals surface area contributed by atoms with Gasteiger partial charge in [-0.25, -0.2) is 4.79 Å². The summed E-state index contributed by atoms with van der Waals surface area (Å²) < 4.78 is 4.74. The third-order valence-corrected chi connectivity index (χ3v) is 2.48. The van der Waals surface area contributed by atoms with E-state index in [9.17, 15) is 4.79 Å². The van der Waals surface area contributed by atoms with Gasteiger partial charge in [-0.2, -0.15) is 0 Å². The first kappa shape index (κ1) is 12.1. The fraction of sp³-hybridized carbons (Fsp3) is 0.250. The molecule has 2 rings (SSSR count). The van der Waals surface area contributed by atoms with Crippen LogP contribution in [0.2, 0.25) is 0 Å². The van der Waals surface area contributed by atoms with Crippen molar-refractivity contribution in [2.24, 2.45) is 0 Å². The minimum Gasteiger partial charge on any atom is -0.465 e. The average molecular weight is 244 g/mol. The van der Waals surface area contributed by atoms with Crippen molar-refractivity contribution in [3.8, 4) is 11.4 Å². The molecule has 6 heteroatoms. The van der Waals surface area contributed by atoms with Gasteiger partial charge in [-0.15, -0.1) is 20.4 Å². The normalized spacial score (nSPS) is 10.2. The van der Waals surface area contributed by atoms with Crippen molar-refractivity contribution < 1.29 is 9.53 Å². The number of carbonyl (C=O) groups is 1. The van der Waals surface area contributed by atoms with Gasteiger partial charge in [0.25, 0.3) is 0 Å². The van der Waals surface area contributed by atoms with Crippen molar-refractivity contribution in [3.05, 3.63) is 35.2 Å². The fourth-order valence-electron chi connectivity index (χ4n) is 1.62. The van der Waals surface area contributed by atoms with Crippen LogP contribution in [0, 0.1) is 13.8 Å². The summed E-state index contributed by atoms with van der Waals surface area (Å²) in [7, 11) is 1.33. The zero-order valence-electron chi connectivity index (χ0n) is 10.3. The van der Waals surface area contributed by atoms with E-state index in [0.29, 0.717) is 22.8 Å². The molecule has 1 aromatic heterocycles. The lowest BCUT2D eigenvalue weighted by Crippen LogP contribution is -2.08. The number of carbonyl (C=O) groups excluding carboxylic acids is 1. The second kappa shape index (κ2) is 4.87. The van der Waals surface area contributed by atoms with Crippen molar-refractivity contribution in [3.63, 3.8) is 0 Å². The lowest BCUT2D eigenvalue weighted by atomic mass is 10.0. The third kappa shape index (κ3) is 2.17. The first-order valence-corrected chi connectivity index (χ1v) is 5.35. The summed E-state index contributed by atoms with van der Waals surface area (Å²) >= 11 is 0. The first-order chi connectivity index (χ1) is 8.63. The molecule has 0 aliphatic carbocycles. The maximum atomic E-state index is 11.7. The molecule has 6 nitrogen and oxygen atoms in total. The SMILES string of the molecule is COC(=O)c1cccc(C)c1-c1nnc(C)nn1. The number of hydrogen-bond acceptors (Lipinski definition) is 6. The van der Waals surface area contributed by atoms with Crippen LogP contribution in [-0.4, -0.2) is 33.5 Å². The lowest BCUT2D eigenvalue weighted by Gasteiger charge is -2.08. The van der Waals surface area contributed by atoms with Crippen molar-refractivity contribution in [1.82, 2.24) is 20.4 Å². The van der Waals surface area contributed by atoms with Crippen LogP contribution in [0.3, 0.4) is 0 Å². The van der Waals surface area contributed by atoms with Gasteiger partial charge in [-0.05, 0) is 25.5 Å². The Morgan fingerprint density at radius 3 is 2.39 bits per heavy atom. The fourth-order valence-corrected chi connectivity index (χ4v) is 1.62. The molecule has 1 heterocycles. The topological polar surface area (TPSA) is 77.9 Å². The highest BCUT2D eigenvalue weighted by molar-refractivity contribution is 5.97. The van der Waals surface area contributed by atoms with Gasteiger partial charge in [0.15, 0.2) is 5.82 Å². The van der Waals surface area contributed by atoms with Gasteiger partial charge in [-0.3, -0.25) is 0 Å². The summed E-state index contributed by atoms with van der Waals surface area (Å²) in [4.78, 5) is 11.7. The molecule has 0 fully saturated rings. The van der Waals surface area contributed by atoms with Crippen LogP contribution in [0.4, 0.5) is 0 Å². The Bertz CT molecular complexity index is 581. The van der Waals surface area contributed by atoms with E-state index in [1.165, 1.54) is 7.11 Å². The minimum atomic E-state index is -0.433. The van der Waals surface area contributed by atoms with Gasteiger partial charge in [0, 0.05) is 5.56 Å². The molecule has 0 aliphatic rings. The number of hydrogen-bond donors (Lipinski definition) is 0. The second-order valence-electron chi connectivity index (χ2n) is 3.76. The predicted molar refractivity (Wildman–Crippen MR) is 63.9 cm³/mol. The Balaban J connectivity index is 2.62. The molecule has 2 aromatic rings. The quantitative estimate of drug-likeness (QED) is 0.742. The predicted octanol–water partition coefficient (Wildman–Crippen LogP) is 1.34. The molecule has 0 unspecified atom stereocenters. The molecule has 0 atom stereocenters. The molecule has 18 heavy (non-hydrogen) atoms. The third-order valence-electron chi connectivity index (χ3n) is 2.48. The van der Waals surface area contributed by atoms with E-state index in [-0.39, 0.29) is 0 Å². The van der Waals surface area contributed by atoms with Crippen molar-refractivity contribution in [2.75, 3.05) is 7.11 Å². The monoisotopic (exact) mass is 244 g/mol. The highest BCUT2D eigenvalue weighted by Gasteiger charge is 2.17. The number of rotatable bonds is 2. The van der Waals surface area contributed by atoms with Gasteiger partial charge in [0.05, 0.1) is 12.7 Å². The summed E-state index contributed by atoms with van der Waals surface area (Å²) in [6.45, 7) is 3.56. The van der Waals surface area contributed by atoms with E-state index < -0.39 is 5.97 Å². The summed E-state index contributed by atoms with van der Waals surface area (Å²) in [5.41, 5.74) is 1.87. The molecular weight excluding hydrogens is 232 g/mol. The number of ether oxygens (including phenoxy) is 1. The van der Waals surface area contributed by atoms with E-state index >= 15 is 0 Å². The van der Waals surface area contributed by atoms with Crippen LogP contribution in [-0.2, 0) is 4.74 Å². The van der Waals surface area contributed by atoms with Gasteiger partial charge in [-0.1, -0.05) is 12.1 Å². The molecule has 0 saturated carbocycles. The van der Waals surface area contributed by atoms with Crippen LogP contribution in [0.1, 0.15) is 21.7 Å². The maximum Gasteiger partial charge on any atom is 0.338 e. The van der Waals surface area contributed by atoms with E-state index in [1.54, 1.807) is 19.1 Å². The average Bonchev–Trinajstić information content (AvgIpc) is 2.39. The largest absolute Gasteiger partial charge is 0.465 e. The molecule has 0 saturated heterocycles. The summed E-state index contributed by atoms with van der Waals surface area (Å²) in [5, 5.41) is 15.6. The highest BCUT2D eigenvalue weighted by Crippen LogP contribution is 2.24. The van der Waals surface area contributed by atoms with Crippen LogP contribution in [0.5, 0.6) is 0 Å². The lowest BCUT2D eigenvalue weighted by molar-refractivity contribution is 0.0601. The zero-order chi connectivity index (χ0) is 13.1. The number of aryl methyl sites for hydroxylation is 2. The number of esters is 1. The van der Waals surface area contributed by atoms with Gasteiger partial charge in [0.2, 0.25) is 5.82 Å². The smallest absolute Gasteiger partial charge is 0.338 e. The minimum absolute atomic E-state index is 0.319. The number of methoxy groups -OCH3 is 1. The Hall–Kier alpha value is -2.37. The summed E-state index contributed by atoms with van der Waals surface area (Å²) in [5.74, 6) is 0.365. The molecule has 0 aliphatic heterocycles. The molecular formula is C12H12N4O2. The van der Waals surface area contributed by atoms with E-state index in [4.69, 9.17) is 4.74 Å². The van der Waals surface area contributed by atoms with Crippen molar-refractivity contribution in [2.45, 2.75) is 13.8 Å². The highest BCUT2D eigenvalue weighted by atomic mass is 16.5. The molecule has 92 valence electrons. The van der Waals surface area contributed by atoms with Crippen LogP contribution in [0.25, 0.3) is 11.4 Å². The number of benzene rings is 1. The summed E-state index contributed by atoms with van der Waals surface area (Å²) in [6, 6.07) is 5.31. The molecule has 0 bridgehead atoms. The molecule has 0 amide bonds. The van der Waals surface area contributed by atoms with Crippen LogP contribution in [0.15, 0.2) is 18.2 Å². The van der Waals surface area contributed by atoms with Crippen LogP contribution < -0.4 is 0 Å². The maximum absolute atomic E-state index is 11.7. The van der Waals surface area contributed by atoms with E-state index in [0.717, 1.165) is 5.56 Å². The van der Waals surface area contributed by atoms with Gasteiger partial charge < -0.3 is 4.74 Å². The standard InChI is InChI=1S/C12H12N4O2/c1-7-5-4-6-9(12(17)18-3)10(7)11-15-13-8(2)14-16-11/h4-6H,1-3H3. The van der Waals surface area contributed by atoms with Crippen molar-refractivity contribution >= 4 is 5.97 Å². The van der Waals surface area contributed by atoms with Gasteiger partial charge >= 0.3 is 5.97 Å². The van der Waals surface area contributed by atoms with E-state index in [1.807, 2.05) is 13.0 Å². The Morgan fingerprint density at radius 1 is 1.11 bits per heavy atom. The Morgan fingerprint density at radius 2 is 1.78 bits per heavy atom. The number of aromatic nitrogens is 4. The first-order valence-electron chi connectivity index (χ1n) is 5.35. The molecule has 0 N–H and O–H groups in total. The number of nitrogens with zero attached hydrogens (tertiary/aromatic N) is 4. The zero-order valence-corrected chi connectivity index (χ0v) is 10.3. The molecule has 1 aromatic carbocycles. The Kier molecular flexibility index (Phi) is 3.27. The van der Waals surface area contributed by atoms with Crippen molar-refractivity contribution in [1.29, 1.82) is 0 Å². The van der Waals surface area contributed by atoms with E-state index in [2.05, 4.69) is 20.4 Å². The summed E-state index contributed by atoms with van der Waals surface area (Å²) in [6.07, 6.45) is 0. The second-order valence-corrected chi connectivity index (χ2v) is 3.76.